The van der Waals surface area contributed by atoms with E-state index < -0.39 is 11.9 Å². The van der Waals surface area contributed by atoms with Crippen LogP contribution in [-0.4, -0.2) is 50.7 Å². The Morgan fingerprint density at radius 2 is 0.848 bits per heavy atom. The molecule has 180 valence electrons. The Kier molecular flexibility index (Phi) is 7.52. The summed E-state index contributed by atoms with van der Waals surface area (Å²) in [6.45, 7) is 0. The molecule has 3 fully saturated rings. The van der Waals surface area contributed by atoms with E-state index in [0.717, 1.165) is 83.1 Å². The Morgan fingerprint density at radius 3 is 1.15 bits per heavy atom. The molecule has 6 nitrogen and oxygen atoms in total. The van der Waals surface area contributed by atoms with Gasteiger partial charge in [0.2, 0.25) is 0 Å². The van der Waals surface area contributed by atoms with Crippen molar-refractivity contribution in [1.29, 1.82) is 0 Å². The molecule has 0 saturated heterocycles. The number of carboxylic acid groups (broad SMARTS) is 2. The summed E-state index contributed by atoms with van der Waals surface area (Å²) in [5.74, 6) is -2.41. The molecule has 0 unspecified atom stereocenters. The lowest BCUT2D eigenvalue weighted by atomic mass is 9.79. The van der Waals surface area contributed by atoms with E-state index in [1.807, 2.05) is 0 Å². The molecule has 0 atom stereocenters. The molecule has 3 saturated carbocycles. The van der Waals surface area contributed by atoms with Crippen molar-refractivity contribution >= 4 is 17.8 Å². The highest BCUT2D eigenvalue weighted by molar-refractivity contribution is 5.99. The zero-order valence-corrected chi connectivity index (χ0v) is 19.6. The predicted octanol–water partition coefficient (Wildman–Crippen LogP) is 6.04. The van der Waals surface area contributed by atoms with E-state index in [-0.39, 0.29) is 40.7 Å². The van der Waals surface area contributed by atoms with Gasteiger partial charge >= 0.3 is 17.8 Å². The fourth-order valence-electron chi connectivity index (χ4n) is 7.14. The second-order valence-electron chi connectivity index (χ2n) is 10.4. The number of quaternary nitrogens is 1. The molecular formula is C27H38NO5+. The van der Waals surface area contributed by atoms with Crippen molar-refractivity contribution in [2.24, 2.45) is 0 Å². The number of nitrogens with zero attached hydrogens (tertiary/aromatic N) is 1. The number of hydrogen-bond acceptors (Lipinski definition) is 3. The van der Waals surface area contributed by atoms with Gasteiger partial charge in [0.05, 0.1) is 34.8 Å². The number of aromatic carboxylic acids is 2. The van der Waals surface area contributed by atoms with Crippen molar-refractivity contribution in [1.82, 2.24) is 0 Å². The second kappa shape index (κ2) is 10.4. The fraction of sp³-hybridized carbons (Fsp3) is 0.667. The van der Waals surface area contributed by atoms with E-state index in [1.165, 1.54) is 31.4 Å². The average molecular weight is 457 g/mol. The number of carboxylic acids is 2. The van der Waals surface area contributed by atoms with E-state index in [2.05, 4.69) is 0 Å². The minimum absolute atomic E-state index is 0.0219. The molecule has 3 aliphatic rings. The third-order valence-electron chi connectivity index (χ3n) is 8.56. The number of hydrogen-bond donors (Lipinski definition) is 2. The van der Waals surface area contributed by atoms with Crippen LogP contribution in [-0.2, 0) is 0 Å². The van der Waals surface area contributed by atoms with Gasteiger partial charge in [0.25, 0.3) is 0 Å². The van der Waals surface area contributed by atoms with Gasteiger partial charge in [0.1, 0.15) is 0 Å². The molecule has 1 aromatic carbocycles. The molecule has 3 aliphatic carbocycles. The maximum atomic E-state index is 14.7. The first kappa shape index (κ1) is 23.9. The number of rotatable bonds is 6. The molecule has 0 radical (unpaired) electrons. The topological polar surface area (TPSA) is 91.7 Å². The molecular weight excluding hydrogens is 418 g/mol. The molecule has 0 aliphatic heterocycles. The van der Waals surface area contributed by atoms with Crippen molar-refractivity contribution < 1.29 is 29.1 Å². The van der Waals surface area contributed by atoms with E-state index in [9.17, 15) is 24.6 Å². The van der Waals surface area contributed by atoms with Crippen LogP contribution in [0, 0.1) is 0 Å². The first-order chi connectivity index (χ1) is 15.9. The van der Waals surface area contributed by atoms with Crippen LogP contribution in [0.1, 0.15) is 127 Å². The summed E-state index contributed by atoms with van der Waals surface area (Å²) in [6.07, 6.45) is 16.6. The highest BCUT2D eigenvalue weighted by Gasteiger charge is 2.55. The lowest BCUT2D eigenvalue weighted by Crippen LogP contribution is -2.70. The van der Waals surface area contributed by atoms with Gasteiger partial charge in [-0.1, -0.05) is 19.3 Å². The number of benzene rings is 1. The molecule has 1 amide bonds. The Bertz CT molecular complexity index is 799. The van der Waals surface area contributed by atoms with Crippen LogP contribution in [0.2, 0.25) is 0 Å². The fourth-order valence-corrected chi connectivity index (χ4v) is 7.14. The molecule has 6 heteroatoms. The van der Waals surface area contributed by atoms with Gasteiger partial charge in [-0.2, -0.15) is 0 Å². The van der Waals surface area contributed by atoms with Crippen molar-refractivity contribution in [3.8, 4) is 0 Å². The van der Waals surface area contributed by atoms with Gasteiger partial charge < -0.3 is 10.2 Å². The quantitative estimate of drug-likeness (QED) is 0.509. The molecule has 4 rings (SSSR count). The van der Waals surface area contributed by atoms with Gasteiger partial charge in [0, 0.05) is 0 Å². The number of carbonyl (C=O) groups is 3. The molecule has 1 aromatic rings. The first-order valence-electron chi connectivity index (χ1n) is 13.0. The average Bonchev–Trinajstić information content (AvgIpc) is 2.86. The van der Waals surface area contributed by atoms with Gasteiger partial charge in [-0.3, -0.25) is 0 Å². The van der Waals surface area contributed by atoms with E-state index in [0.29, 0.717) is 4.48 Å². The van der Waals surface area contributed by atoms with Crippen LogP contribution < -0.4 is 0 Å². The SMILES string of the molecule is O=C(O)c1cc(C(=O)O)cc(C(=O)[N+](C2CCCCC2)(C2CCCCC2)C2CCCCC2)c1. The molecule has 0 heterocycles. The molecule has 33 heavy (non-hydrogen) atoms. The Balaban J connectivity index is 1.88. The van der Waals surface area contributed by atoms with E-state index >= 15 is 0 Å². The zero-order valence-electron chi connectivity index (χ0n) is 19.6. The third kappa shape index (κ3) is 4.72. The summed E-state index contributed by atoms with van der Waals surface area (Å²) in [5, 5.41) is 19.3. The van der Waals surface area contributed by atoms with Gasteiger partial charge in [-0.05, 0) is 95.2 Å². The lowest BCUT2D eigenvalue weighted by Gasteiger charge is -2.55. The minimum atomic E-state index is -1.20. The number of carbonyl (C=O) groups excluding carboxylic acids is 1. The van der Waals surface area contributed by atoms with Crippen molar-refractivity contribution in [3.63, 3.8) is 0 Å². The summed E-state index contributed by atoms with van der Waals surface area (Å²) in [6, 6.07) is 4.77. The Hall–Kier alpha value is -2.21. The van der Waals surface area contributed by atoms with Crippen LogP contribution in [0.3, 0.4) is 0 Å². The van der Waals surface area contributed by atoms with E-state index in [4.69, 9.17) is 0 Å². The minimum Gasteiger partial charge on any atom is -0.478 e. The Morgan fingerprint density at radius 1 is 0.545 bits per heavy atom. The van der Waals surface area contributed by atoms with Gasteiger partial charge in [0.15, 0.2) is 0 Å². The van der Waals surface area contributed by atoms with Gasteiger partial charge in [-0.25, -0.2) is 18.9 Å². The molecule has 0 bridgehead atoms. The summed E-state index contributed by atoms with van der Waals surface area (Å²) in [7, 11) is 0. The smallest absolute Gasteiger partial charge is 0.346 e. The number of amides is 1. The van der Waals surface area contributed by atoms with Crippen molar-refractivity contribution in [2.45, 2.75) is 114 Å². The monoisotopic (exact) mass is 456 g/mol. The normalized spacial score (nSPS) is 21.6. The third-order valence-corrected chi connectivity index (χ3v) is 8.56. The standard InChI is InChI=1S/C27H37NO5/c29-25(19-16-20(26(30)31)18-21(17-19)27(32)33)28(22-10-4-1-5-11-22,23-12-6-2-7-13-23)24-14-8-3-9-15-24/h16-18,22-24H,1-15H2,(H-,30,31,32,33)/p+1. The van der Waals surface area contributed by atoms with Crippen LogP contribution in [0.15, 0.2) is 18.2 Å². The maximum Gasteiger partial charge on any atom is 0.346 e. The summed E-state index contributed by atoms with van der Waals surface area (Å²) in [5.41, 5.74) is 0.0357. The van der Waals surface area contributed by atoms with Crippen LogP contribution >= 0.6 is 0 Å². The lowest BCUT2D eigenvalue weighted by molar-refractivity contribution is -0.926. The molecule has 0 spiro atoms. The highest BCUT2D eigenvalue weighted by Crippen LogP contribution is 2.44. The predicted molar refractivity (Wildman–Crippen MR) is 126 cm³/mol. The van der Waals surface area contributed by atoms with E-state index in [1.54, 1.807) is 0 Å². The highest BCUT2D eigenvalue weighted by atomic mass is 16.4. The van der Waals surface area contributed by atoms with Crippen molar-refractivity contribution in [3.05, 3.63) is 34.9 Å². The van der Waals surface area contributed by atoms with Crippen LogP contribution in [0.5, 0.6) is 0 Å². The summed E-state index contributed by atoms with van der Waals surface area (Å²) >= 11 is 0. The van der Waals surface area contributed by atoms with Gasteiger partial charge in [-0.15, -0.1) is 0 Å². The Labute approximate surface area is 196 Å². The maximum absolute atomic E-state index is 14.7. The van der Waals surface area contributed by atoms with Crippen LogP contribution in [0.4, 0.5) is 0 Å². The largest absolute Gasteiger partial charge is 0.478 e. The summed E-state index contributed by atoms with van der Waals surface area (Å²) in [4.78, 5) is 38.3. The first-order valence-corrected chi connectivity index (χ1v) is 13.0. The zero-order chi connectivity index (χ0) is 23.4. The molecule has 2 N–H and O–H groups in total. The van der Waals surface area contributed by atoms with Crippen LogP contribution in [0.25, 0.3) is 0 Å². The second-order valence-corrected chi connectivity index (χ2v) is 10.4. The molecule has 0 aromatic heterocycles. The summed E-state index contributed by atoms with van der Waals surface area (Å²) < 4.78 is 0.447. The van der Waals surface area contributed by atoms with Crippen molar-refractivity contribution in [2.75, 3.05) is 0 Å².